The molecule has 1 rings (SSSR count). The first-order valence-corrected chi connectivity index (χ1v) is 6.09. The van der Waals surface area contributed by atoms with Crippen LogP contribution in [-0.2, 0) is 4.79 Å². The van der Waals surface area contributed by atoms with Crippen LogP contribution < -0.4 is 5.32 Å². The van der Waals surface area contributed by atoms with Gasteiger partial charge < -0.3 is 10.4 Å². The summed E-state index contributed by atoms with van der Waals surface area (Å²) in [7, 11) is 0. The summed E-state index contributed by atoms with van der Waals surface area (Å²) in [4.78, 5) is 26.6. The molecule has 1 atom stereocenters. The van der Waals surface area contributed by atoms with Gasteiger partial charge in [0, 0.05) is 16.9 Å². The number of hydrogen-bond donors (Lipinski definition) is 2. The molecule has 0 bridgehead atoms. The molecule has 18 heavy (non-hydrogen) atoms. The normalized spacial score (nSPS) is 12.3. The summed E-state index contributed by atoms with van der Waals surface area (Å²) < 4.78 is 0.662. The number of carboxylic acids is 1. The summed E-state index contributed by atoms with van der Waals surface area (Å²) in [6, 6.07) is 0.643. The Kier molecular flexibility index (Phi) is 5.51. The van der Waals surface area contributed by atoms with Gasteiger partial charge in [-0.15, -0.1) is 0 Å². The molecule has 96 valence electrons. The Morgan fingerprint density at radius 1 is 1.56 bits per heavy atom. The lowest BCUT2D eigenvalue weighted by Gasteiger charge is -2.12. The number of carboxylic acid groups (broad SMARTS) is 1. The van der Waals surface area contributed by atoms with Crippen LogP contribution in [0.5, 0.6) is 0 Å². The van der Waals surface area contributed by atoms with Crippen LogP contribution in [0.1, 0.15) is 23.7 Å². The average molecular weight is 313 g/mol. The van der Waals surface area contributed by atoms with E-state index in [0.29, 0.717) is 10.0 Å². The van der Waals surface area contributed by atoms with Crippen LogP contribution in [0.3, 0.4) is 0 Å². The Morgan fingerprint density at radius 2 is 2.28 bits per heavy atom. The lowest BCUT2D eigenvalue weighted by molar-refractivity contribution is -0.139. The molecule has 6 heteroatoms. The standard InChI is InChI=1S/C12H13BrN2O3/c1-2-3-4-10(12(17)18)15-11(16)8-5-9(13)7-14-6-8/h2-3,5-7,10H,4H2,1H3,(H,15,16)(H,17,18)/b3-2+. The minimum atomic E-state index is -1.07. The summed E-state index contributed by atoms with van der Waals surface area (Å²) in [5.41, 5.74) is 0.316. The molecule has 0 spiro atoms. The van der Waals surface area contributed by atoms with Gasteiger partial charge >= 0.3 is 5.97 Å². The van der Waals surface area contributed by atoms with E-state index in [-0.39, 0.29) is 6.42 Å². The number of pyridine rings is 1. The second kappa shape index (κ2) is 6.90. The van der Waals surface area contributed by atoms with Gasteiger partial charge in [-0.2, -0.15) is 0 Å². The molecule has 1 aromatic rings. The van der Waals surface area contributed by atoms with Crippen LogP contribution in [0.15, 0.2) is 35.1 Å². The first-order chi connectivity index (χ1) is 8.54. The quantitative estimate of drug-likeness (QED) is 0.815. The van der Waals surface area contributed by atoms with Gasteiger partial charge in [0.15, 0.2) is 0 Å². The van der Waals surface area contributed by atoms with Crippen molar-refractivity contribution in [1.29, 1.82) is 0 Å². The van der Waals surface area contributed by atoms with Crippen LogP contribution >= 0.6 is 15.9 Å². The topological polar surface area (TPSA) is 79.3 Å². The molecular weight excluding hydrogens is 300 g/mol. The van der Waals surface area contributed by atoms with Gasteiger partial charge in [0.2, 0.25) is 0 Å². The highest BCUT2D eigenvalue weighted by atomic mass is 79.9. The molecule has 0 aliphatic carbocycles. The molecule has 0 saturated carbocycles. The molecule has 0 saturated heterocycles. The van der Waals surface area contributed by atoms with E-state index in [1.54, 1.807) is 31.3 Å². The van der Waals surface area contributed by atoms with Crippen molar-refractivity contribution in [2.75, 3.05) is 0 Å². The molecule has 1 aromatic heterocycles. The van der Waals surface area contributed by atoms with Crippen molar-refractivity contribution in [2.24, 2.45) is 0 Å². The number of rotatable bonds is 5. The highest BCUT2D eigenvalue weighted by molar-refractivity contribution is 9.10. The Bertz CT molecular complexity index is 474. The number of aliphatic carboxylic acids is 1. The number of hydrogen-bond acceptors (Lipinski definition) is 3. The number of aromatic nitrogens is 1. The second-order valence-corrected chi connectivity index (χ2v) is 4.48. The third-order valence-electron chi connectivity index (χ3n) is 2.18. The van der Waals surface area contributed by atoms with E-state index >= 15 is 0 Å². The van der Waals surface area contributed by atoms with E-state index in [1.807, 2.05) is 0 Å². The molecule has 0 aliphatic heterocycles. The first-order valence-electron chi connectivity index (χ1n) is 5.30. The van der Waals surface area contributed by atoms with Crippen LogP contribution in [-0.4, -0.2) is 28.0 Å². The van der Waals surface area contributed by atoms with E-state index in [0.717, 1.165) is 0 Å². The van der Waals surface area contributed by atoms with Gasteiger partial charge in [-0.1, -0.05) is 12.2 Å². The number of amides is 1. The van der Waals surface area contributed by atoms with E-state index in [2.05, 4.69) is 26.2 Å². The van der Waals surface area contributed by atoms with Crippen molar-refractivity contribution < 1.29 is 14.7 Å². The lowest BCUT2D eigenvalue weighted by atomic mass is 10.1. The van der Waals surface area contributed by atoms with Crippen molar-refractivity contribution in [3.63, 3.8) is 0 Å². The van der Waals surface area contributed by atoms with E-state index in [9.17, 15) is 9.59 Å². The maximum atomic E-state index is 11.8. The number of carbonyl (C=O) groups is 2. The molecule has 0 aromatic carbocycles. The maximum absolute atomic E-state index is 11.8. The Balaban J connectivity index is 2.75. The molecule has 0 aliphatic rings. The van der Waals surface area contributed by atoms with Crippen molar-refractivity contribution in [3.05, 3.63) is 40.6 Å². The van der Waals surface area contributed by atoms with Gasteiger partial charge in [0.25, 0.3) is 5.91 Å². The zero-order valence-corrected chi connectivity index (χ0v) is 11.3. The summed E-state index contributed by atoms with van der Waals surface area (Å²) in [5, 5.41) is 11.4. The SMILES string of the molecule is C/C=C/CC(NC(=O)c1cncc(Br)c1)C(=O)O. The average Bonchev–Trinajstić information content (AvgIpc) is 2.33. The van der Waals surface area contributed by atoms with E-state index < -0.39 is 17.9 Å². The molecule has 0 radical (unpaired) electrons. The minimum Gasteiger partial charge on any atom is -0.480 e. The lowest BCUT2D eigenvalue weighted by Crippen LogP contribution is -2.40. The summed E-state index contributed by atoms with van der Waals surface area (Å²) in [6.45, 7) is 1.79. The zero-order chi connectivity index (χ0) is 13.5. The highest BCUT2D eigenvalue weighted by Crippen LogP contribution is 2.09. The van der Waals surface area contributed by atoms with Crippen LogP contribution in [0.2, 0.25) is 0 Å². The minimum absolute atomic E-state index is 0.249. The summed E-state index contributed by atoms with van der Waals surface area (Å²) in [5.74, 6) is -1.52. The van der Waals surface area contributed by atoms with Gasteiger partial charge in [0.05, 0.1) is 5.56 Å². The molecule has 0 fully saturated rings. The van der Waals surface area contributed by atoms with E-state index in [4.69, 9.17) is 5.11 Å². The molecule has 1 unspecified atom stereocenters. The fourth-order valence-corrected chi connectivity index (χ4v) is 1.64. The summed E-state index contributed by atoms with van der Waals surface area (Å²) in [6.07, 6.45) is 6.61. The fourth-order valence-electron chi connectivity index (χ4n) is 1.27. The first kappa shape index (κ1) is 14.4. The third-order valence-corrected chi connectivity index (χ3v) is 2.61. The number of nitrogens with zero attached hydrogens (tertiary/aromatic N) is 1. The van der Waals surface area contributed by atoms with Crippen LogP contribution in [0, 0.1) is 0 Å². The van der Waals surface area contributed by atoms with Crippen LogP contribution in [0.25, 0.3) is 0 Å². The summed E-state index contributed by atoms with van der Waals surface area (Å²) >= 11 is 3.20. The zero-order valence-electron chi connectivity index (χ0n) is 9.76. The fraction of sp³-hybridized carbons (Fsp3) is 0.250. The Labute approximate surface area is 113 Å². The number of nitrogens with one attached hydrogen (secondary N) is 1. The van der Waals surface area contributed by atoms with Gasteiger partial charge in [-0.25, -0.2) is 4.79 Å². The second-order valence-electron chi connectivity index (χ2n) is 3.56. The van der Waals surface area contributed by atoms with Crippen LogP contribution in [0.4, 0.5) is 0 Å². The predicted molar refractivity (Wildman–Crippen MR) is 70.3 cm³/mol. The van der Waals surface area contributed by atoms with Crippen molar-refractivity contribution in [3.8, 4) is 0 Å². The number of halogens is 1. The monoisotopic (exact) mass is 312 g/mol. The van der Waals surface area contributed by atoms with Gasteiger partial charge in [-0.05, 0) is 35.3 Å². The Hall–Kier alpha value is -1.69. The largest absolute Gasteiger partial charge is 0.480 e. The molecule has 1 amide bonds. The van der Waals surface area contributed by atoms with Crippen molar-refractivity contribution >= 4 is 27.8 Å². The molecule has 2 N–H and O–H groups in total. The van der Waals surface area contributed by atoms with Gasteiger partial charge in [-0.3, -0.25) is 9.78 Å². The third kappa shape index (κ3) is 4.29. The predicted octanol–water partition coefficient (Wildman–Crippen LogP) is 1.99. The number of allylic oxidation sites excluding steroid dienone is 1. The van der Waals surface area contributed by atoms with Crippen molar-refractivity contribution in [1.82, 2.24) is 10.3 Å². The molecular formula is C12H13BrN2O3. The van der Waals surface area contributed by atoms with Crippen molar-refractivity contribution in [2.45, 2.75) is 19.4 Å². The van der Waals surface area contributed by atoms with E-state index in [1.165, 1.54) is 6.20 Å². The maximum Gasteiger partial charge on any atom is 0.326 e. The van der Waals surface area contributed by atoms with Gasteiger partial charge in [0.1, 0.15) is 6.04 Å². The Morgan fingerprint density at radius 3 is 2.83 bits per heavy atom. The number of carbonyl (C=O) groups excluding carboxylic acids is 1. The smallest absolute Gasteiger partial charge is 0.326 e. The highest BCUT2D eigenvalue weighted by Gasteiger charge is 2.19. The molecule has 5 nitrogen and oxygen atoms in total. The molecule has 1 heterocycles.